The molecule has 2 aromatic carbocycles. The second-order valence-electron chi connectivity index (χ2n) is 9.61. The summed E-state index contributed by atoms with van der Waals surface area (Å²) in [7, 11) is 0. The molecule has 2 aromatic rings. The van der Waals surface area contributed by atoms with E-state index in [1.807, 2.05) is 60.7 Å². The minimum Gasteiger partial charge on any atom is -0.350 e. The highest BCUT2D eigenvalue weighted by molar-refractivity contribution is 6.09. The lowest BCUT2D eigenvalue weighted by atomic mass is 9.63. The normalized spacial score (nSPS) is 32.4. The van der Waals surface area contributed by atoms with E-state index >= 15 is 0 Å². The molecule has 5 nitrogen and oxygen atoms in total. The number of nitrogens with zero attached hydrogens (tertiary/aromatic N) is 1. The van der Waals surface area contributed by atoms with Crippen LogP contribution < -0.4 is 5.32 Å². The van der Waals surface area contributed by atoms with Crippen LogP contribution in [0.3, 0.4) is 0 Å². The van der Waals surface area contributed by atoms with Gasteiger partial charge >= 0.3 is 0 Å². The standard InChI is InChI=1S/C27H26N2O3/c30-25(28-15-17-9-5-2-6-10-17)22(13-16-7-3-1-4-8-16)29-26(31)23-18-11-12-19(21-14-20(18)21)24(23)27(29)32/h1-12,18-24H,13-15H2,(H,28,30)/t18-,19-,20-,21-,22-,23+,24+/m0/s1. The van der Waals surface area contributed by atoms with Crippen molar-refractivity contribution < 1.29 is 14.4 Å². The summed E-state index contributed by atoms with van der Waals surface area (Å²) >= 11 is 0. The largest absolute Gasteiger partial charge is 0.350 e. The molecule has 2 bridgehead atoms. The van der Waals surface area contributed by atoms with Crippen LogP contribution in [-0.4, -0.2) is 28.7 Å². The van der Waals surface area contributed by atoms with Crippen molar-refractivity contribution in [3.63, 3.8) is 0 Å². The van der Waals surface area contributed by atoms with Gasteiger partial charge in [0.15, 0.2) is 0 Å². The second-order valence-corrected chi connectivity index (χ2v) is 9.61. The third-order valence-electron chi connectivity index (χ3n) is 7.89. The van der Waals surface area contributed by atoms with Gasteiger partial charge in [0.2, 0.25) is 17.7 Å². The highest BCUT2D eigenvalue weighted by Crippen LogP contribution is 2.65. The summed E-state index contributed by atoms with van der Waals surface area (Å²) < 4.78 is 0. The predicted octanol–water partition coefficient (Wildman–Crippen LogP) is 2.97. The molecule has 4 aliphatic carbocycles. The molecule has 0 unspecified atom stereocenters. The zero-order valence-electron chi connectivity index (χ0n) is 17.8. The molecule has 3 amide bonds. The average Bonchev–Trinajstić information content (AvgIpc) is 3.61. The molecule has 2 saturated carbocycles. The van der Waals surface area contributed by atoms with Crippen molar-refractivity contribution in [3.8, 4) is 0 Å². The van der Waals surface area contributed by atoms with Crippen LogP contribution in [0.4, 0.5) is 0 Å². The van der Waals surface area contributed by atoms with E-state index in [2.05, 4.69) is 17.5 Å². The monoisotopic (exact) mass is 426 g/mol. The molecule has 5 heteroatoms. The number of rotatable bonds is 6. The lowest BCUT2D eigenvalue weighted by Crippen LogP contribution is -2.51. The van der Waals surface area contributed by atoms with Crippen molar-refractivity contribution in [1.29, 1.82) is 0 Å². The van der Waals surface area contributed by atoms with Crippen molar-refractivity contribution in [3.05, 3.63) is 83.9 Å². The third kappa shape index (κ3) is 3.02. The van der Waals surface area contributed by atoms with E-state index in [0.29, 0.717) is 24.8 Å². The van der Waals surface area contributed by atoms with Crippen molar-refractivity contribution in [2.75, 3.05) is 0 Å². The number of imide groups is 1. The van der Waals surface area contributed by atoms with Gasteiger partial charge in [-0.3, -0.25) is 19.3 Å². The molecule has 162 valence electrons. The quantitative estimate of drug-likeness (QED) is 0.571. The van der Waals surface area contributed by atoms with Gasteiger partial charge in [-0.25, -0.2) is 0 Å². The Labute approximate surface area is 187 Å². The Hall–Kier alpha value is -3.21. The van der Waals surface area contributed by atoms with Crippen LogP contribution in [0, 0.1) is 35.5 Å². The van der Waals surface area contributed by atoms with Crippen LogP contribution in [0.2, 0.25) is 0 Å². The Morgan fingerprint density at radius 1 is 0.844 bits per heavy atom. The first kappa shape index (κ1) is 19.5. The molecule has 3 fully saturated rings. The van der Waals surface area contributed by atoms with Crippen LogP contribution in [0.25, 0.3) is 0 Å². The van der Waals surface area contributed by atoms with Crippen LogP contribution in [0.5, 0.6) is 0 Å². The summed E-state index contributed by atoms with van der Waals surface area (Å²) in [6.45, 7) is 0.366. The van der Waals surface area contributed by atoms with Gasteiger partial charge in [0.1, 0.15) is 6.04 Å². The van der Waals surface area contributed by atoms with E-state index in [9.17, 15) is 14.4 Å². The minimum atomic E-state index is -0.831. The van der Waals surface area contributed by atoms with Crippen molar-refractivity contribution in [2.45, 2.75) is 25.4 Å². The second kappa shape index (κ2) is 7.44. The number of carbonyl (C=O) groups excluding carboxylic acids is 3. The molecule has 1 aliphatic heterocycles. The molecule has 7 atom stereocenters. The first-order valence-corrected chi connectivity index (χ1v) is 11.5. The maximum absolute atomic E-state index is 13.6. The van der Waals surface area contributed by atoms with Gasteiger partial charge in [0.25, 0.3) is 0 Å². The first-order valence-electron chi connectivity index (χ1n) is 11.5. The summed E-state index contributed by atoms with van der Waals surface area (Å²) in [6.07, 6.45) is 5.78. The van der Waals surface area contributed by atoms with Crippen LogP contribution >= 0.6 is 0 Å². The summed E-state index contributed by atoms with van der Waals surface area (Å²) in [5.74, 6) is 0.236. The molecule has 7 rings (SSSR count). The van der Waals surface area contributed by atoms with Crippen LogP contribution in [0.15, 0.2) is 72.8 Å². The maximum atomic E-state index is 13.6. The summed E-state index contributed by atoms with van der Waals surface area (Å²) in [4.78, 5) is 41.9. The zero-order valence-corrected chi connectivity index (χ0v) is 17.8. The fraction of sp³-hybridized carbons (Fsp3) is 0.370. The Bertz CT molecular complexity index is 1060. The first-order chi connectivity index (χ1) is 15.6. The van der Waals surface area contributed by atoms with Gasteiger partial charge in [-0.15, -0.1) is 0 Å². The van der Waals surface area contributed by atoms with Gasteiger partial charge in [-0.2, -0.15) is 0 Å². The van der Waals surface area contributed by atoms with E-state index in [1.54, 1.807) is 0 Å². The minimum absolute atomic E-state index is 0.152. The molecule has 1 saturated heterocycles. The van der Waals surface area contributed by atoms with Gasteiger partial charge in [-0.1, -0.05) is 72.8 Å². The highest BCUT2D eigenvalue weighted by atomic mass is 16.2. The fourth-order valence-corrected chi connectivity index (χ4v) is 6.33. The van der Waals surface area contributed by atoms with Crippen molar-refractivity contribution in [2.24, 2.45) is 35.5 Å². The van der Waals surface area contributed by atoms with Crippen molar-refractivity contribution in [1.82, 2.24) is 10.2 Å². The molecule has 32 heavy (non-hydrogen) atoms. The SMILES string of the molecule is O=C(NCc1ccccc1)[C@H](Cc1ccccc1)N1C(=O)[C@@H]2[C@H]3C=C[C@@H]([C@@H]4C[C@@H]34)[C@H]2C1=O. The predicted molar refractivity (Wildman–Crippen MR) is 119 cm³/mol. The summed E-state index contributed by atoms with van der Waals surface area (Å²) in [6, 6.07) is 18.5. The Balaban J connectivity index is 1.29. The molecular weight excluding hydrogens is 400 g/mol. The topological polar surface area (TPSA) is 66.5 Å². The number of benzene rings is 2. The van der Waals surface area contributed by atoms with E-state index in [4.69, 9.17) is 0 Å². The van der Waals surface area contributed by atoms with Gasteiger partial charge < -0.3 is 5.32 Å². The van der Waals surface area contributed by atoms with Crippen LogP contribution in [-0.2, 0) is 27.3 Å². The van der Waals surface area contributed by atoms with Gasteiger partial charge in [0.05, 0.1) is 11.8 Å². The fourth-order valence-electron chi connectivity index (χ4n) is 6.33. The molecule has 1 N–H and O–H groups in total. The van der Waals surface area contributed by atoms with E-state index in [1.165, 1.54) is 4.90 Å². The molecule has 0 radical (unpaired) electrons. The van der Waals surface area contributed by atoms with Gasteiger partial charge in [0, 0.05) is 13.0 Å². The maximum Gasteiger partial charge on any atom is 0.243 e. The molecule has 5 aliphatic rings. The smallest absolute Gasteiger partial charge is 0.243 e. The van der Waals surface area contributed by atoms with E-state index < -0.39 is 6.04 Å². The Kier molecular flexibility index (Phi) is 4.53. The number of nitrogens with one attached hydrogen (secondary N) is 1. The number of amides is 3. The average molecular weight is 427 g/mol. The number of hydrogen-bond acceptors (Lipinski definition) is 3. The summed E-state index contributed by atoms with van der Waals surface area (Å²) in [5, 5.41) is 2.97. The lowest BCUT2D eigenvalue weighted by Gasteiger charge is -2.37. The number of hydrogen-bond donors (Lipinski definition) is 1. The van der Waals surface area contributed by atoms with Gasteiger partial charge in [-0.05, 0) is 41.2 Å². The lowest BCUT2D eigenvalue weighted by molar-refractivity contribution is -0.148. The van der Waals surface area contributed by atoms with E-state index in [-0.39, 0.29) is 41.4 Å². The Morgan fingerprint density at radius 3 is 1.94 bits per heavy atom. The molecular formula is C27H26N2O3. The number of likely N-dealkylation sites (tertiary alicyclic amines) is 1. The van der Waals surface area contributed by atoms with E-state index in [0.717, 1.165) is 17.5 Å². The highest BCUT2D eigenvalue weighted by Gasteiger charge is 2.67. The zero-order chi connectivity index (χ0) is 21.8. The number of carbonyl (C=O) groups is 3. The molecule has 0 aromatic heterocycles. The number of allylic oxidation sites excluding steroid dienone is 2. The van der Waals surface area contributed by atoms with Crippen molar-refractivity contribution >= 4 is 17.7 Å². The molecule has 0 spiro atoms. The molecule has 1 heterocycles. The summed E-state index contributed by atoms with van der Waals surface area (Å²) in [5.41, 5.74) is 1.92. The Morgan fingerprint density at radius 2 is 1.38 bits per heavy atom. The third-order valence-corrected chi connectivity index (χ3v) is 7.89. The van der Waals surface area contributed by atoms with Crippen LogP contribution in [0.1, 0.15) is 17.5 Å².